The molecule has 2 amide bonds. The van der Waals surface area contributed by atoms with Gasteiger partial charge >= 0.3 is 6.03 Å². The summed E-state index contributed by atoms with van der Waals surface area (Å²) < 4.78 is 0. The van der Waals surface area contributed by atoms with E-state index in [4.69, 9.17) is 0 Å². The average molecular weight is 411 g/mol. The largest absolute Gasteiger partial charge is 0.322 e. The Hall–Kier alpha value is -1.94. The highest BCUT2D eigenvalue weighted by Gasteiger charge is 2.30. The molecule has 2 aromatic rings. The van der Waals surface area contributed by atoms with Crippen molar-refractivity contribution in [1.29, 1.82) is 0 Å². The van der Waals surface area contributed by atoms with Crippen LogP contribution in [0.3, 0.4) is 0 Å². The smallest absolute Gasteiger partial charge is 0.321 e. The third-order valence-corrected chi connectivity index (χ3v) is 6.58. The summed E-state index contributed by atoms with van der Waals surface area (Å²) in [4.78, 5) is 16.6. The van der Waals surface area contributed by atoms with Crippen molar-refractivity contribution in [2.24, 2.45) is 0 Å². The van der Waals surface area contributed by atoms with Gasteiger partial charge in [0, 0.05) is 23.2 Å². The van der Waals surface area contributed by atoms with Gasteiger partial charge in [0.1, 0.15) is 0 Å². The van der Waals surface area contributed by atoms with Gasteiger partial charge in [-0.3, -0.25) is 0 Å². The number of anilines is 1. The van der Waals surface area contributed by atoms with Gasteiger partial charge in [-0.05, 0) is 72.4 Å². The maximum Gasteiger partial charge on any atom is 0.322 e. The molecule has 0 bridgehead atoms. The van der Waals surface area contributed by atoms with Crippen LogP contribution in [-0.2, 0) is 12.8 Å². The van der Waals surface area contributed by atoms with E-state index < -0.39 is 0 Å². The average Bonchev–Trinajstić information content (AvgIpc) is 3.14. The molecule has 0 aliphatic heterocycles. The standard InChI is InChI=1S/C25H34N2OS/c1-5-6-7-14-27(23-15-20-10-13-24(29-4)17-21(20)16-23)25(28)26-22-11-8-19(9-12-22)18(2)3/h8-13,17-18,23H,5-7,14-16H2,1-4H3,(H,26,28). The molecule has 0 saturated heterocycles. The normalized spacial score (nSPS) is 15.4. The van der Waals surface area contributed by atoms with Crippen LogP contribution in [0.2, 0.25) is 0 Å². The molecule has 0 spiro atoms. The number of unbranched alkanes of at least 4 members (excludes halogenated alkanes) is 2. The quantitative estimate of drug-likeness (QED) is 0.387. The van der Waals surface area contributed by atoms with Crippen LogP contribution in [0.15, 0.2) is 47.4 Å². The first kappa shape index (κ1) is 21.8. The van der Waals surface area contributed by atoms with Gasteiger partial charge in [0.2, 0.25) is 0 Å². The second kappa shape index (κ2) is 10.2. The Bertz CT molecular complexity index is 816. The van der Waals surface area contributed by atoms with E-state index in [1.807, 2.05) is 12.1 Å². The van der Waals surface area contributed by atoms with Crippen LogP contribution in [0.5, 0.6) is 0 Å². The topological polar surface area (TPSA) is 32.3 Å². The Morgan fingerprint density at radius 3 is 2.48 bits per heavy atom. The van der Waals surface area contributed by atoms with E-state index >= 15 is 0 Å². The van der Waals surface area contributed by atoms with E-state index in [1.54, 1.807) is 11.8 Å². The molecule has 4 heteroatoms. The van der Waals surface area contributed by atoms with Crippen molar-refractivity contribution in [2.45, 2.75) is 69.7 Å². The summed E-state index contributed by atoms with van der Waals surface area (Å²) in [6.45, 7) is 7.39. The predicted molar refractivity (Wildman–Crippen MR) is 125 cm³/mol. The molecule has 0 heterocycles. The number of benzene rings is 2. The van der Waals surface area contributed by atoms with E-state index in [2.05, 4.69) is 67.6 Å². The van der Waals surface area contributed by atoms with Crippen molar-refractivity contribution < 1.29 is 4.79 Å². The minimum absolute atomic E-state index is 0.0290. The minimum atomic E-state index is 0.0290. The fraction of sp³-hybridized carbons (Fsp3) is 0.480. The maximum atomic E-state index is 13.2. The number of nitrogens with zero attached hydrogens (tertiary/aromatic N) is 1. The monoisotopic (exact) mass is 410 g/mol. The highest BCUT2D eigenvalue weighted by Crippen LogP contribution is 2.30. The van der Waals surface area contributed by atoms with Crippen LogP contribution in [0.25, 0.3) is 0 Å². The van der Waals surface area contributed by atoms with Crippen LogP contribution in [-0.4, -0.2) is 29.8 Å². The van der Waals surface area contributed by atoms with Crippen LogP contribution >= 0.6 is 11.8 Å². The first-order valence-corrected chi connectivity index (χ1v) is 12.1. The number of hydrogen-bond acceptors (Lipinski definition) is 2. The number of urea groups is 1. The number of fused-ring (bicyclic) bond motifs is 1. The lowest BCUT2D eigenvalue weighted by molar-refractivity contribution is 0.188. The number of carbonyl (C=O) groups excluding carboxylic acids is 1. The third kappa shape index (κ3) is 5.57. The van der Waals surface area contributed by atoms with Gasteiger partial charge in [-0.15, -0.1) is 11.8 Å². The van der Waals surface area contributed by atoms with Gasteiger partial charge in [-0.2, -0.15) is 0 Å². The highest BCUT2D eigenvalue weighted by atomic mass is 32.2. The van der Waals surface area contributed by atoms with Crippen molar-refractivity contribution in [3.8, 4) is 0 Å². The minimum Gasteiger partial charge on any atom is -0.321 e. The summed E-state index contributed by atoms with van der Waals surface area (Å²) in [6.07, 6.45) is 7.39. The van der Waals surface area contributed by atoms with Gasteiger partial charge in [-0.25, -0.2) is 4.79 Å². The lowest BCUT2D eigenvalue weighted by Crippen LogP contribution is -2.44. The lowest BCUT2D eigenvalue weighted by atomic mass is 10.0. The van der Waals surface area contributed by atoms with E-state index in [1.165, 1.54) is 21.6 Å². The van der Waals surface area contributed by atoms with E-state index in [9.17, 15) is 4.79 Å². The third-order valence-electron chi connectivity index (χ3n) is 5.86. The Morgan fingerprint density at radius 1 is 1.10 bits per heavy atom. The Morgan fingerprint density at radius 2 is 1.83 bits per heavy atom. The molecule has 1 aliphatic rings. The number of nitrogens with one attached hydrogen (secondary N) is 1. The summed E-state index contributed by atoms with van der Waals surface area (Å²) in [5.41, 5.74) is 4.96. The zero-order valence-electron chi connectivity index (χ0n) is 18.2. The fourth-order valence-corrected chi connectivity index (χ4v) is 4.51. The summed E-state index contributed by atoms with van der Waals surface area (Å²) in [7, 11) is 0. The maximum absolute atomic E-state index is 13.2. The van der Waals surface area contributed by atoms with Crippen molar-refractivity contribution in [2.75, 3.05) is 18.1 Å². The molecule has 3 nitrogen and oxygen atoms in total. The van der Waals surface area contributed by atoms with E-state index in [-0.39, 0.29) is 12.1 Å². The van der Waals surface area contributed by atoms with Crippen molar-refractivity contribution >= 4 is 23.5 Å². The molecule has 1 aliphatic carbocycles. The number of carbonyl (C=O) groups is 1. The summed E-state index contributed by atoms with van der Waals surface area (Å²) in [5, 5.41) is 3.14. The summed E-state index contributed by atoms with van der Waals surface area (Å²) >= 11 is 1.78. The van der Waals surface area contributed by atoms with Crippen molar-refractivity contribution in [1.82, 2.24) is 4.90 Å². The van der Waals surface area contributed by atoms with Crippen LogP contribution in [0.4, 0.5) is 10.5 Å². The van der Waals surface area contributed by atoms with Crippen LogP contribution in [0, 0.1) is 0 Å². The lowest BCUT2D eigenvalue weighted by Gasteiger charge is -2.29. The fourth-order valence-electron chi connectivity index (χ4n) is 4.05. The first-order valence-electron chi connectivity index (χ1n) is 10.8. The molecule has 0 radical (unpaired) electrons. The molecule has 0 aromatic heterocycles. The second-order valence-electron chi connectivity index (χ2n) is 8.30. The summed E-state index contributed by atoms with van der Waals surface area (Å²) in [5.74, 6) is 0.494. The van der Waals surface area contributed by atoms with Gasteiger partial charge in [0.15, 0.2) is 0 Å². The van der Waals surface area contributed by atoms with Crippen LogP contribution in [0.1, 0.15) is 62.6 Å². The molecule has 1 atom stereocenters. The Balaban J connectivity index is 1.71. The highest BCUT2D eigenvalue weighted by molar-refractivity contribution is 7.98. The zero-order chi connectivity index (χ0) is 20.8. The molecule has 0 saturated carbocycles. The first-order chi connectivity index (χ1) is 14.0. The summed E-state index contributed by atoms with van der Waals surface area (Å²) in [6, 6.07) is 15.3. The van der Waals surface area contributed by atoms with Crippen LogP contribution < -0.4 is 5.32 Å². The van der Waals surface area contributed by atoms with E-state index in [0.717, 1.165) is 44.3 Å². The second-order valence-corrected chi connectivity index (χ2v) is 9.18. The molecule has 156 valence electrons. The van der Waals surface area contributed by atoms with Gasteiger partial charge in [0.25, 0.3) is 0 Å². The van der Waals surface area contributed by atoms with Crippen molar-refractivity contribution in [3.05, 3.63) is 59.2 Å². The number of amides is 2. The Kier molecular flexibility index (Phi) is 7.65. The molecule has 0 fully saturated rings. The van der Waals surface area contributed by atoms with Gasteiger partial charge in [0.05, 0.1) is 0 Å². The predicted octanol–water partition coefficient (Wildman–Crippen LogP) is 6.72. The molecule has 1 unspecified atom stereocenters. The molecule has 3 rings (SSSR count). The number of rotatable bonds is 8. The molecule has 1 N–H and O–H groups in total. The van der Waals surface area contributed by atoms with Crippen molar-refractivity contribution in [3.63, 3.8) is 0 Å². The molecule has 29 heavy (non-hydrogen) atoms. The molecular formula is C25H34N2OS. The number of hydrogen-bond donors (Lipinski definition) is 1. The van der Waals surface area contributed by atoms with E-state index in [0.29, 0.717) is 5.92 Å². The zero-order valence-corrected chi connectivity index (χ0v) is 19.0. The van der Waals surface area contributed by atoms with Gasteiger partial charge < -0.3 is 10.2 Å². The number of thioether (sulfide) groups is 1. The molecule has 2 aromatic carbocycles. The Labute approximate surface area is 180 Å². The van der Waals surface area contributed by atoms with Gasteiger partial charge in [-0.1, -0.05) is 51.8 Å². The molecular weight excluding hydrogens is 376 g/mol. The SMILES string of the molecule is CCCCCN(C(=O)Nc1ccc(C(C)C)cc1)C1Cc2ccc(SC)cc2C1.